The van der Waals surface area contributed by atoms with Crippen LogP contribution < -0.4 is 5.32 Å². The minimum absolute atomic E-state index is 0.0247. The molecular formula is C23H31N3O7. The zero-order valence-electron chi connectivity index (χ0n) is 19.5. The van der Waals surface area contributed by atoms with E-state index in [1.165, 1.54) is 32.4 Å². The van der Waals surface area contributed by atoms with Crippen molar-refractivity contribution in [3.63, 3.8) is 0 Å². The average molecular weight is 462 g/mol. The molecule has 0 aliphatic carbocycles. The van der Waals surface area contributed by atoms with Crippen molar-refractivity contribution in [2.24, 2.45) is 5.92 Å². The van der Waals surface area contributed by atoms with Gasteiger partial charge in [-0.05, 0) is 37.0 Å². The molecule has 1 aromatic carbocycles. The molecule has 0 aromatic heterocycles. The molecule has 3 amide bonds. The molecule has 10 heteroatoms. The molecule has 0 bridgehead atoms. The number of esters is 2. The van der Waals surface area contributed by atoms with Crippen molar-refractivity contribution >= 4 is 29.8 Å². The number of amides is 3. The maximum atomic E-state index is 12.9. The number of methoxy groups -OCH3 is 2. The lowest BCUT2D eigenvalue weighted by Gasteiger charge is -2.39. The number of likely N-dealkylation sites (tertiary alicyclic amines) is 1. The van der Waals surface area contributed by atoms with E-state index in [4.69, 9.17) is 14.2 Å². The van der Waals surface area contributed by atoms with Crippen LogP contribution in [0.4, 0.5) is 15.3 Å². The molecule has 2 unspecified atom stereocenters. The summed E-state index contributed by atoms with van der Waals surface area (Å²) >= 11 is 0. The van der Waals surface area contributed by atoms with E-state index in [9.17, 15) is 19.2 Å². The number of anilines is 1. The molecule has 0 saturated carbocycles. The summed E-state index contributed by atoms with van der Waals surface area (Å²) in [4.78, 5) is 52.6. The maximum absolute atomic E-state index is 12.9. The number of carbonyl (C=O) groups excluding carboxylic acids is 4. The second kappa shape index (κ2) is 10.5. The van der Waals surface area contributed by atoms with Gasteiger partial charge < -0.3 is 24.4 Å². The Morgan fingerprint density at radius 1 is 1.09 bits per heavy atom. The maximum Gasteiger partial charge on any atom is 0.410 e. The largest absolute Gasteiger partial charge is 0.465 e. The number of benzene rings is 1. The zero-order valence-corrected chi connectivity index (χ0v) is 19.5. The van der Waals surface area contributed by atoms with E-state index in [-0.39, 0.29) is 41.0 Å². The fourth-order valence-electron chi connectivity index (χ4n) is 4.30. The summed E-state index contributed by atoms with van der Waals surface area (Å²) in [5, 5.41) is 2.75. The van der Waals surface area contributed by atoms with Gasteiger partial charge in [0.25, 0.3) is 0 Å². The summed E-state index contributed by atoms with van der Waals surface area (Å²) in [5.41, 5.74) is 0.529. The van der Waals surface area contributed by atoms with E-state index in [0.29, 0.717) is 38.5 Å². The molecule has 2 fully saturated rings. The highest BCUT2D eigenvalue weighted by molar-refractivity contribution is 5.99. The van der Waals surface area contributed by atoms with Gasteiger partial charge in [-0.15, -0.1) is 0 Å². The van der Waals surface area contributed by atoms with Gasteiger partial charge in [0, 0.05) is 24.8 Å². The van der Waals surface area contributed by atoms with Crippen LogP contribution >= 0.6 is 0 Å². The molecule has 2 aliphatic heterocycles. The first-order valence-electron chi connectivity index (χ1n) is 11.1. The molecule has 0 radical (unpaired) electrons. The van der Waals surface area contributed by atoms with Crippen LogP contribution in [0.5, 0.6) is 0 Å². The number of piperidine rings is 1. The second-order valence-corrected chi connectivity index (χ2v) is 8.37. The number of ether oxygens (including phenoxy) is 3. The van der Waals surface area contributed by atoms with Gasteiger partial charge in [-0.3, -0.25) is 4.90 Å². The Morgan fingerprint density at radius 3 is 2.18 bits per heavy atom. The zero-order chi connectivity index (χ0) is 24.1. The van der Waals surface area contributed by atoms with Crippen molar-refractivity contribution < 1.29 is 33.4 Å². The number of cyclic esters (lactones) is 1. The Balaban J connectivity index is 1.66. The molecular weight excluding hydrogens is 430 g/mol. The van der Waals surface area contributed by atoms with Crippen molar-refractivity contribution in [3.05, 3.63) is 29.3 Å². The lowest BCUT2D eigenvalue weighted by molar-refractivity contribution is 0.0599. The fourth-order valence-corrected chi connectivity index (χ4v) is 4.30. The first-order valence-corrected chi connectivity index (χ1v) is 11.1. The van der Waals surface area contributed by atoms with Crippen LogP contribution in [0, 0.1) is 5.92 Å². The molecule has 10 nitrogen and oxygen atoms in total. The van der Waals surface area contributed by atoms with Gasteiger partial charge in [0.05, 0.1) is 31.4 Å². The van der Waals surface area contributed by atoms with Crippen molar-refractivity contribution in [1.29, 1.82) is 0 Å². The van der Waals surface area contributed by atoms with Gasteiger partial charge in [0.15, 0.2) is 0 Å². The predicted octanol–water partition coefficient (Wildman–Crippen LogP) is 3.12. The average Bonchev–Trinajstić information content (AvgIpc) is 3.23. The lowest BCUT2D eigenvalue weighted by atomic mass is 9.95. The van der Waals surface area contributed by atoms with Crippen LogP contribution in [0.1, 0.15) is 53.8 Å². The molecule has 2 aliphatic rings. The van der Waals surface area contributed by atoms with E-state index in [1.807, 2.05) is 4.90 Å². The van der Waals surface area contributed by atoms with Crippen LogP contribution in [-0.4, -0.2) is 79.9 Å². The van der Waals surface area contributed by atoms with E-state index in [2.05, 4.69) is 19.2 Å². The second-order valence-electron chi connectivity index (χ2n) is 8.37. The normalized spacial score (nSPS) is 19.6. The van der Waals surface area contributed by atoms with Crippen molar-refractivity contribution in [1.82, 2.24) is 9.80 Å². The molecule has 2 saturated heterocycles. The highest BCUT2D eigenvalue weighted by Crippen LogP contribution is 2.29. The van der Waals surface area contributed by atoms with Crippen LogP contribution in [0.2, 0.25) is 0 Å². The Morgan fingerprint density at radius 2 is 1.67 bits per heavy atom. The number of hydrogen-bond donors (Lipinski definition) is 1. The fraction of sp³-hybridized carbons (Fsp3) is 0.565. The lowest BCUT2D eigenvalue weighted by Crippen LogP contribution is -2.51. The molecule has 2 heterocycles. The molecule has 180 valence electrons. The van der Waals surface area contributed by atoms with Crippen molar-refractivity contribution in [2.45, 2.75) is 45.2 Å². The van der Waals surface area contributed by atoms with Gasteiger partial charge in [-0.25, -0.2) is 19.2 Å². The van der Waals surface area contributed by atoms with E-state index in [0.717, 1.165) is 6.42 Å². The molecule has 33 heavy (non-hydrogen) atoms. The number of nitrogens with zero attached hydrogens (tertiary/aromatic N) is 2. The molecule has 1 N–H and O–H groups in total. The minimum Gasteiger partial charge on any atom is -0.465 e. The first kappa shape index (κ1) is 24.3. The van der Waals surface area contributed by atoms with Crippen LogP contribution in [-0.2, 0) is 14.2 Å². The Labute approximate surface area is 193 Å². The highest BCUT2D eigenvalue weighted by atomic mass is 16.6. The third-order valence-electron chi connectivity index (χ3n) is 6.42. The standard InChI is InChI=1S/C23H31N3O7/c1-5-14(2)19-13-33-23(30)26(19)18-6-8-25(9-7-18)22(29)24-17-11-15(20(27)31-3)10-16(12-17)21(28)32-4/h10-12,14,18-19H,5-9,13H2,1-4H3,(H,24,29). The topological polar surface area (TPSA) is 114 Å². The summed E-state index contributed by atoms with van der Waals surface area (Å²) in [5.74, 6) is -0.931. The Bertz CT molecular complexity index is 877. The van der Waals surface area contributed by atoms with Crippen LogP contribution in [0.3, 0.4) is 0 Å². The number of nitrogens with one attached hydrogen (secondary N) is 1. The highest BCUT2D eigenvalue weighted by Gasteiger charge is 2.41. The summed E-state index contributed by atoms with van der Waals surface area (Å²) in [7, 11) is 2.47. The quantitative estimate of drug-likeness (QED) is 0.511. The third-order valence-corrected chi connectivity index (χ3v) is 6.42. The van der Waals surface area contributed by atoms with Gasteiger partial charge in [-0.1, -0.05) is 20.3 Å². The minimum atomic E-state index is -0.634. The SMILES string of the molecule is CCC(C)C1COC(=O)N1C1CCN(C(=O)Nc2cc(C(=O)OC)cc(C(=O)OC)c2)CC1. The molecule has 2 atom stereocenters. The summed E-state index contributed by atoms with van der Waals surface area (Å²) in [6.45, 7) is 5.56. The van der Waals surface area contributed by atoms with Crippen molar-refractivity contribution in [2.75, 3.05) is 39.2 Å². The number of hydrogen-bond acceptors (Lipinski definition) is 7. The molecule has 0 spiro atoms. The number of rotatable bonds is 6. The summed E-state index contributed by atoms with van der Waals surface area (Å²) in [6.07, 6.45) is 1.96. The van der Waals surface area contributed by atoms with Gasteiger partial charge in [0.1, 0.15) is 6.61 Å². The summed E-state index contributed by atoms with van der Waals surface area (Å²) < 4.78 is 14.8. The van der Waals surface area contributed by atoms with E-state index in [1.54, 1.807) is 4.90 Å². The van der Waals surface area contributed by atoms with Crippen LogP contribution in [0.25, 0.3) is 0 Å². The monoisotopic (exact) mass is 461 g/mol. The van der Waals surface area contributed by atoms with Crippen molar-refractivity contribution in [3.8, 4) is 0 Å². The van der Waals surface area contributed by atoms with Gasteiger partial charge in [0.2, 0.25) is 0 Å². The summed E-state index contributed by atoms with van der Waals surface area (Å²) in [6, 6.07) is 3.97. The van der Waals surface area contributed by atoms with E-state index >= 15 is 0 Å². The third kappa shape index (κ3) is 5.37. The number of carbonyl (C=O) groups is 4. The Hall–Kier alpha value is -3.30. The van der Waals surface area contributed by atoms with Gasteiger partial charge in [-0.2, -0.15) is 0 Å². The first-order chi connectivity index (χ1) is 15.8. The predicted molar refractivity (Wildman–Crippen MR) is 119 cm³/mol. The number of urea groups is 1. The van der Waals surface area contributed by atoms with E-state index < -0.39 is 11.9 Å². The molecule has 3 rings (SSSR count). The smallest absolute Gasteiger partial charge is 0.410 e. The van der Waals surface area contributed by atoms with Gasteiger partial charge >= 0.3 is 24.1 Å². The Kier molecular flexibility index (Phi) is 7.78. The molecule has 1 aromatic rings. The van der Waals surface area contributed by atoms with Crippen LogP contribution in [0.15, 0.2) is 18.2 Å².